The topological polar surface area (TPSA) is 49.3 Å². The number of rotatable bonds is 5. The van der Waals surface area contributed by atoms with Crippen LogP contribution in [-0.4, -0.2) is 40.4 Å². The second-order valence-electron chi connectivity index (χ2n) is 8.39. The summed E-state index contributed by atoms with van der Waals surface area (Å²) in [6.07, 6.45) is 1.70. The minimum Gasteiger partial charge on any atom is -0.357 e. The minimum absolute atomic E-state index is 0.0681. The van der Waals surface area contributed by atoms with Gasteiger partial charge in [-0.05, 0) is 38.0 Å². The SMILES string of the molecule is CCc1ccc(C(=O)N2CCc3nc(-c4ccccc4)nc(N(C)C(C)C)c3C2)cc1. The van der Waals surface area contributed by atoms with Gasteiger partial charge in [0.15, 0.2) is 5.82 Å². The Morgan fingerprint density at radius 2 is 1.77 bits per heavy atom. The maximum Gasteiger partial charge on any atom is 0.254 e. The van der Waals surface area contributed by atoms with Gasteiger partial charge in [0.1, 0.15) is 5.82 Å². The molecule has 5 nitrogen and oxygen atoms in total. The Labute approximate surface area is 184 Å². The highest BCUT2D eigenvalue weighted by Gasteiger charge is 2.28. The smallest absolute Gasteiger partial charge is 0.254 e. The molecule has 1 aromatic heterocycles. The molecule has 0 atom stereocenters. The number of fused-ring (bicyclic) bond motifs is 1. The van der Waals surface area contributed by atoms with E-state index in [2.05, 4.69) is 32.7 Å². The third kappa shape index (κ3) is 4.31. The van der Waals surface area contributed by atoms with E-state index in [0.29, 0.717) is 13.1 Å². The molecular weight excluding hydrogens is 384 g/mol. The van der Waals surface area contributed by atoms with Crippen LogP contribution in [0.3, 0.4) is 0 Å². The Bertz CT molecular complexity index is 1060. The average molecular weight is 415 g/mol. The van der Waals surface area contributed by atoms with Crippen LogP contribution in [-0.2, 0) is 19.4 Å². The molecule has 0 N–H and O–H groups in total. The van der Waals surface area contributed by atoms with Crippen LogP contribution in [0.4, 0.5) is 5.82 Å². The number of anilines is 1. The molecular formula is C26H30N4O. The minimum atomic E-state index is 0.0681. The lowest BCUT2D eigenvalue weighted by Gasteiger charge is -2.33. The fourth-order valence-corrected chi connectivity index (χ4v) is 3.89. The molecule has 1 aliphatic rings. The summed E-state index contributed by atoms with van der Waals surface area (Å²) in [7, 11) is 2.06. The Morgan fingerprint density at radius 3 is 2.42 bits per heavy atom. The zero-order valence-electron chi connectivity index (χ0n) is 18.8. The fraction of sp³-hybridized carbons (Fsp3) is 0.346. The van der Waals surface area contributed by atoms with E-state index >= 15 is 0 Å². The summed E-state index contributed by atoms with van der Waals surface area (Å²) >= 11 is 0. The summed E-state index contributed by atoms with van der Waals surface area (Å²) in [5.74, 6) is 1.73. The van der Waals surface area contributed by atoms with Crippen LogP contribution in [0, 0.1) is 0 Å². The van der Waals surface area contributed by atoms with E-state index in [1.165, 1.54) is 5.56 Å². The van der Waals surface area contributed by atoms with Gasteiger partial charge in [0, 0.05) is 42.7 Å². The van der Waals surface area contributed by atoms with Gasteiger partial charge in [0.2, 0.25) is 0 Å². The van der Waals surface area contributed by atoms with Gasteiger partial charge in [0.05, 0.1) is 12.2 Å². The molecule has 0 saturated carbocycles. The summed E-state index contributed by atoms with van der Waals surface area (Å²) in [4.78, 5) is 27.1. The van der Waals surface area contributed by atoms with Gasteiger partial charge >= 0.3 is 0 Å². The lowest BCUT2D eigenvalue weighted by molar-refractivity contribution is 0.0733. The maximum atomic E-state index is 13.2. The van der Waals surface area contributed by atoms with Crippen molar-refractivity contribution in [3.63, 3.8) is 0 Å². The first-order valence-electron chi connectivity index (χ1n) is 11.0. The number of hydrogen-bond donors (Lipinski definition) is 0. The fourth-order valence-electron chi connectivity index (χ4n) is 3.89. The molecule has 3 aromatic rings. The molecule has 0 unspecified atom stereocenters. The molecule has 0 radical (unpaired) electrons. The summed E-state index contributed by atoms with van der Waals surface area (Å²) in [6.45, 7) is 7.62. The first kappa shape index (κ1) is 21.0. The Kier molecular flexibility index (Phi) is 6.03. The largest absolute Gasteiger partial charge is 0.357 e. The van der Waals surface area contributed by atoms with Crippen molar-refractivity contribution < 1.29 is 4.79 Å². The molecule has 0 spiro atoms. The zero-order valence-corrected chi connectivity index (χ0v) is 18.8. The van der Waals surface area contributed by atoms with Crippen LogP contribution < -0.4 is 4.90 Å². The predicted molar refractivity (Wildman–Crippen MR) is 125 cm³/mol. The molecule has 1 aliphatic heterocycles. The molecule has 0 bridgehead atoms. The normalized spacial score (nSPS) is 13.3. The van der Waals surface area contributed by atoms with E-state index in [1.54, 1.807) is 0 Å². The van der Waals surface area contributed by atoms with Gasteiger partial charge in [-0.3, -0.25) is 4.79 Å². The molecule has 0 saturated heterocycles. The highest BCUT2D eigenvalue weighted by Crippen LogP contribution is 2.30. The number of aromatic nitrogens is 2. The van der Waals surface area contributed by atoms with Crippen LogP contribution >= 0.6 is 0 Å². The van der Waals surface area contributed by atoms with Crippen LogP contribution in [0.1, 0.15) is 48.0 Å². The van der Waals surface area contributed by atoms with Crippen molar-refractivity contribution >= 4 is 11.7 Å². The number of nitrogens with zero attached hydrogens (tertiary/aromatic N) is 4. The summed E-state index contributed by atoms with van der Waals surface area (Å²) in [5, 5.41) is 0. The van der Waals surface area contributed by atoms with E-state index in [4.69, 9.17) is 9.97 Å². The van der Waals surface area contributed by atoms with E-state index in [1.807, 2.05) is 59.5 Å². The lowest BCUT2D eigenvalue weighted by Crippen LogP contribution is -2.38. The van der Waals surface area contributed by atoms with Gasteiger partial charge in [-0.15, -0.1) is 0 Å². The van der Waals surface area contributed by atoms with Gasteiger partial charge in [-0.2, -0.15) is 0 Å². The molecule has 2 heterocycles. The third-order valence-electron chi connectivity index (χ3n) is 6.08. The van der Waals surface area contributed by atoms with Gasteiger partial charge in [-0.25, -0.2) is 9.97 Å². The molecule has 5 heteroatoms. The van der Waals surface area contributed by atoms with Crippen molar-refractivity contribution in [2.75, 3.05) is 18.5 Å². The van der Waals surface area contributed by atoms with E-state index in [-0.39, 0.29) is 11.9 Å². The number of benzene rings is 2. The number of carbonyl (C=O) groups is 1. The Morgan fingerprint density at radius 1 is 1.06 bits per heavy atom. The second kappa shape index (κ2) is 8.88. The monoisotopic (exact) mass is 414 g/mol. The first-order valence-corrected chi connectivity index (χ1v) is 11.0. The molecule has 0 fully saturated rings. The van der Waals surface area contributed by atoms with Crippen LogP contribution in [0.25, 0.3) is 11.4 Å². The highest BCUT2D eigenvalue weighted by atomic mass is 16.2. The lowest BCUT2D eigenvalue weighted by atomic mass is 10.0. The van der Waals surface area contributed by atoms with Crippen molar-refractivity contribution in [1.29, 1.82) is 0 Å². The number of aryl methyl sites for hydroxylation is 1. The van der Waals surface area contributed by atoms with Crippen LogP contribution in [0.5, 0.6) is 0 Å². The number of hydrogen-bond acceptors (Lipinski definition) is 4. The van der Waals surface area contributed by atoms with Crippen LogP contribution in [0.15, 0.2) is 54.6 Å². The highest BCUT2D eigenvalue weighted by molar-refractivity contribution is 5.94. The molecule has 2 aromatic carbocycles. The molecule has 0 aliphatic carbocycles. The number of amides is 1. The molecule has 160 valence electrons. The quantitative estimate of drug-likeness (QED) is 0.605. The summed E-state index contributed by atoms with van der Waals surface area (Å²) in [5.41, 5.74) is 5.09. The zero-order chi connectivity index (χ0) is 22.0. The standard InChI is InChI=1S/C26H30N4O/c1-5-19-11-13-21(14-12-19)26(31)30-16-15-23-22(17-30)25(29(4)18(2)3)28-24(27-23)20-9-7-6-8-10-20/h6-14,18H,5,15-17H2,1-4H3. The summed E-state index contributed by atoms with van der Waals surface area (Å²) in [6, 6.07) is 18.3. The Hall–Kier alpha value is -3.21. The van der Waals surface area contributed by atoms with Crippen molar-refractivity contribution in [2.45, 2.75) is 46.2 Å². The van der Waals surface area contributed by atoms with Crippen molar-refractivity contribution in [3.05, 3.63) is 77.0 Å². The second-order valence-corrected chi connectivity index (χ2v) is 8.39. The van der Waals surface area contributed by atoms with E-state index in [9.17, 15) is 4.79 Å². The van der Waals surface area contributed by atoms with Gasteiger partial charge in [0.25, 0.3) is 5.91 Å². The molecule has 4 rings (SSSR count). The van der Waals surface area contributed by atoms with Crippen LogP contribution in [0.2, 0.25) is 0 Å². The predicted octanol–water partition coefficient (Wildman–Crippen LogP) is 4.75. The van der Waals surface area contributed by atoms with Crippen molar-refractivity contribution in [1.82, 2.24) is 14.9 Å². The van der Waals surface area contributed by atoms with E-state index in [0.717, 1.165) is 46.9 Å². The number of carbonyl (C=O) groups excluding carboxylic acids is 1. The maximum absolute atomic E-state index is 13.2. The third-order valence-corrected chi connectivity index (χ3v) is 6.08. The molecule has 1 amide bonds. The summed E-state index contributed by atoms with van der Waals surface area (Å²) < 4.78 is 0. The van der Waals surface area contributed by atoms with Gasteiger partial charge < -0.3 is 9.80 Å². The van der Waals surface area contributed by atoms with Crippen molar-refractivity contribution in [2.24, 2.45) is 0 Å². The van der Waals surface area contributed by atoms with Gasteiger partial charge in [-0.1, -0.05) is 49.4 Å². The first-order chi connectivity index (χ1) is 15.0. The van der Waals surface area contributed by atoms with Crippen molar-refractivity contribution in [3.8, 4) is 11.4 Å². The molecule has 31 heavy (non-hydrogen) atoms. The average Bonchev–Trinajstić information content (AvgIpc) is 2.82. The Balaban J connectivity index is 1.69. The van der Waals surface area contributed by atoms with E-state index < -0.39 is 0 Å².